The maximum absolute atomic E-state index is 13.9. The molecule has 0 aliphatic carbocycles. The largest absolute Gasteiger partial charge is 0.353 e. The van der Waals surface area contributed by atoms with E-state index in [9.17, 15) is 4.39 Å². The predicted octanol–water partition coefficient (Wildman–Crippen LogP) is 5.31. The number of rotatable bonds is 2. The molecular formula is C20H19ClFN3. The van der Waals surface area contributed by atoms with Gasteiger partial charge < -0.3 is 5.32 Å². The van der Waals surface area contributed by atoms with Crippen molar-refractivity contribution in [2.24, 2.45) is 4.99 Å². The first-order chi connectivity index (χ1) is 12.1. The number of benzene rings is 2. The molecule has 0 atom stereocenters. The molecule has 3 nitrogen and oxygen atoms in total. The van der Waals surface area contributed by atoms with Crippen molar-refractivity contribution in [3.05, 3.63) is 64.5 Å². The Morgan fingerprint density at radius 2 is 2.04 bits per heavy atom. The van der Waals surface area contributed by atoms with E-state index in [0.29, 0.717) is 5.02 Å². The highest BCUT2D eigenvalue weighted by atomic mass is 35.5. The molecule has 0 amide bonds. The molecule has 128 valence electrons. The van der Waals surface area contributed by atoms with Gasteiger partial charge in [0.25, 0.3) is 0 Å². The van der Waals surface area contributed by atoms with Crippen LogP contribution in [0.25, 0.3) is 0 Å². The van der Waals surface area contributed by atoms with Crippen LogP contribution in [0.5, 0.6) is 0 Å². The van der Waals surface area contributed by atoms with Gasteiger partial charge in [0.15, 0.2) is 0 Å². The van der Waals surface area contributed by atoms with Crippen LogP contribution in [0.15, 0.2) is 53.0 Å². The summed E-state index contributed by atoms with van der Waals surface area (Å²) in [6, 6.07) is 10.4. The molecule has 0 radical (unpaired) electrons. The van der Waals surface area contributed by atoms with Crippen molar-refractivity contribution < 1.29 is 4.39 Å². The molecule has 0 spiro atoms. The lowest BCUT2D eigenvalue weighted by Crippen LogP contribution is -2.30. The van der Waals surface area contributed by atoms with Crippen molar-refractivity contribution in [1.82, 2.24) is 4.90 Å². The quantitative estimate of drug-likeness (QED) is 0.790. The van der Waals surface area contributed by atoms with Gasteiger partial charge in [-0.2, -0.15) is 0 Å². The van der Waals surface area contributed by atoms with E-state index in [4.69, 9.17) is 16.6 Å². The summed E-state index contributed by atoms with van der Waals surface area (Å²) in [7, 11) is 0. The van der Waals surface area contributed by atoms with Gasteiger partial charge in [-0.25, -0.2) is 9.38 Å². The monoisotopic (exact) mass is 355 g/mol. The lowest BCUT2D eigenvalue weighted by Gasteiger charge is -2.25. The molecule has 4 rings (SSSR count). The first-order valence-corrected chi connectivity index (χ1v) is 8.89. The highest BCUT2D eigenvalue weighted by Crippen LogP contribution is 2.38. The normalized spacial score (nSPS) is 16.9. The van der Waals surface area contributed by atoms with Crippen molar-refractivity contribution in [1.29, 1.82) is 0 Å². The van der Waals surface area contributed by atoms with Crippen molar-refractivity contribution in [2.75, 3.05) is 25.0 Å². The molecule has 5 heteroatoms. The number of likely N-dealkylation sites (N-methyl/N-ethyl adjacent to an activating group) is 1. The Kier molecular flexibility index (Phi) is 4.32. The Labute approximate surface area is 151 Å². The van der Waals surface area contributed by atoms with E-state index in [2.05, 4.69) is 23.2 Å². The van der Waals surface area contributed by atoms with E-state index >= 15 is 0 Å². The topological polar surface area (TPSA) is 27.6 Å². The van der Waals surface area contributed by atoms with Crippen LogP contribution in [-0.2, 0) is 0 Å². The maximum Gasteiger partial charge on any atom is 0.124 e. The minimum absolute atomic E-state index is 0.260. The van der Waals surface area contributed by atoms with Gasteiger partial charge in [0, 0.05) is 29.4 Å². The Morgan fingerprint density at radius 1 is 1.20 bits per heavy atom. The minimum Gasteiger partial charge on any atom is -0.353 e. The summed E-state index contributed by atoms with van der Waals surface area (Å²) < 4.78 is 13.9. The van der Waals surface area contributed by atoms with Gasteiger partial charge in [0.1, 0.15) is 5.82 Å². The van der Waals surface area contributed by atoms with E-state index in [1.807, 2.05) is 18.2 Å². The van der Waals surface area contributed by atoms with Crippen molar-refractivity contribution in [3.63, 3.8) is 0 Å². The van der Waals surface area contributed by atoms with Crippen LogP contribution < -0.4 is 5.32 Å². The fraction of sp³-hybridized carbons (Fsp3) is 0.250. The number of nitrogens with zero attached hydrogens (tertiary/aromatic N) is 2. The van der Waals surface area contributed by atoms with Crippen LogP contribution in [0.2, 0.25) is 5.02 Å². The molecule has 1 N–H and O–H groups in total. The summed E-state index contributed by atoms with van der Waals surface area (Å²) in [5.41, 5.74) is 5.30. The highest BCUT2D eigenvalue weighted by molar-refractivity contribution is 6.31. The molecule has 2 aromatic carbocycles. The molecule has 0 unspecified atom stereocenters. The molecule has 2 aliphatic heterocycles. The Hall–Kier alpha value is -2.17. The number of halogens is 2. The van der Waals surface area contributed by atoms with E-state index in [-0.39, 0.29) is 5.82 Å². The van der Waals surface area contributed by atoms with Gasteiger partial charge >= 0.3 is 0 Å². The third-order valence-corrected chi connectivity index (χ3v) is 4.98. The van der Waals surface area contributed by atoms with Crippen LogP contribution in [0.1, 0.15) is 18.9 Å². The fourth-order valence-corrected chi connectivity index (χ4v) is 3.47. The summed E-state index contributed by atoms with van der Waals surface area (Å²) in [6.07, 6.45) is 3.11. The summed E-state index contributed by atoms with van der Waals surface area (Å²) in [4.78, 5) is 7.24. The van der Waals surface area contributed by atoms with Crippen molar-refractivity contribution >= 4 is 34.4 Å². The Morgan fingerprint density at radius 3 is 2.80 bits per heavy atom. The average Bonchev–Trinajstić information content (AvgIpc) is 2.78. The number of hydrogen-bond donors (Lipinski definition) is 1. The van der Waals surface area contributed by atoms with Crippen LogP contribution in [-0.4, -0.2) is 30.2 Å². The lowest BCUT2D eigenvalue weighted by molar-refractivity contribution is 0.313. The molecule has 0 saturated carbocycles. The summed E-state index contributed by atoms with van der Waals surface area (Å²) in [5, 5.41) is 4.00. The molecule has 2 aliphatic rings. The number of nitrogens with one attached hydrogen (secondary N) is 1. The minimum atomic E-state index is -0.260. The zero-order valence-electron chi connectivity index (χ0n) is 14.0. The molecule has 0 saturated heterocycles. The number of aliphatic imine (C=N–C) groups is 1. The van der Waals surface area contributed by atoms with Gasteiger partial charge in [0.2, 0.25) is 0 Å². The fourth-order valence-electron chi connectivity index (χ4n) is 3.31. The standard InChI is InChI=1S/C20H19ClFN3/c1-2-25-9-7-13(8-10-25)20-16-12-15(22)4-6-17(16)23-18-5-3-14(21)11-19(18)24-20/h3-7,11-12,23H,2,8-10H2,1H3. The van der Waals surface area contributed by atoms with Crippen molar-refractivity contribution in [2.45, 2.75) is 13.3 Å². The van der Waals surface area contributed by atoms with Crippen LogP contribution in [0.4, 0.5) is 21.5 Å². The zero-order valence-corrected chi connectivity index (χ0v) is 14.8. The van der Waals surface area contributed by atoms with Gasteiger partial charge in [0.05, 0.1) is 17.1 Å². The lowest BCUT2D eigenvalue weighted by atomic mass is 9.95. The molecule has 2 aromatic rings. The van der Waals surface area contributed by atoms with Crippen molar-refractivity contribution in [3.8, 4) is 0 Å². The third-order valence-electron chi connectivity index (χ3n) is 4.74. The van der Waals surface area contributed by atoms with Crippen LogP contribution in [0.3, 0.4) is 0 Å². The average molecular weight is 356 g/mol. The number of anilines is 2. The van der Waals surface area contributed by atoms with E-state index in [1.54, 1.807) is 12.1 Å². The highest BCUT2D eigenvalue weighted by Gasteiger charge is 2.22. The van der Waals surface area contributed by atoms with Gasteiger partial charge in [-0.15, -0.1) is 0 Å². The first kappa shape index (κ1) is 16.3. The van der Waals surface area contributed by atoms with E-state index in [0.717, 1.165) is 60.0 Å². The molecule has 25 heavy (non-hydrogen) atoms. The second-order valence-electron chi connectivity index (χ2n) is 6.31. The SMILES string of the molecule is CCN1CC=C(C2=Nc3cc(Cl)ccc3Nc3ccc(F)cc32)CC1. The zero-order chi connectivity index (χ0) is 17.4. The first-order valence-electron chi connectivity index (χ1n) is 8.51. The number of hydrogen-bond acceptors (Lipinski definition) is 3. The molecule has 0 bridgehead atoms. The number of fused-ring (bicyclic) bond motifs is 2. The van der Waals surface area contributed by atoms with Gasteiger partial charge in [-0.1, -0.05) is 24.6 Å². The second kappa shape index (κ2) is 6.62. The Balaban J connectivity index is 1.87. The third kappa shape index (κ3) is 3.20. The van der Waals surface area contributed by atoms with E-state index in [1.165, 1.54) is 6.07 Å². The van der Waals surface area contributed by atoms with Crippen LogP contribution >= 0.6 is 11.6 Å². The van der Waals surface area contributed by atoms with E-state index < -0.39 is 0 Å². The molecule has 2 heterocycles. The van der Waals surface area contributed by atoms with Gasteiger partial charge in [-0.3, -0.25) is 4.90 Å². The predicted molar refractivity (Wildman–Crippen MR) is 102 cm³/mol. The summed E-state index contributed by atoms with van der Waals surface area (Å²) in [6.45, 7) is 5.07. The molecular weight excluding hydrogens is 337 g/mol. The molecule has 0 fully saturated rings. The smallest absolute Gasteiger partial charge is 0.124 e. The second-order valence-corrected chi connectivity index (χ2v) is 6.75. The van der Waals surface area contributed by atoms with Crippen LogP contribution in [0, 0.1) is 5.82 Å². The molecule has 0 aromatic heterocycles. The summed E-state index contributed by atoms with van der Waals surface area (Å²) in [5.74, 6) is -0.260. The summed E-state index contributed by atoms with van der Waals surface area (Å²) >= 11 is 6.16. The Bertz CT molecular complexity index is 889. The van der Waals surface area contributed by atoms with Gasteiger partial charge in [-0.05, 0) is 54.9 Å². The maximum atomic E-state index is 13.9.